The zero-order chi connectivity index (χ0) is 8.43. The zero-order valence-corrected chi connectivity index (χ0v) is 10.5. The highest BCUT2D eigenvalue weighted by atomic mass is 127. The molecule has 0 amide bonds. The fourth-order valence-corrected chi connectivity index (χ4v) is 2.47. The second-order valence-corrected chi connectivity index (χ2v) is 4.58. The summed E-state index contributed by atoms with van der Waals surface area (Å²) in [7, 11) is 0. The number of rotatable bonds is 1. The first kappa shape index (κ1) is 9.81. The quantitative estimate of drug-likeness (QED) is 0.531. The molecule has 0 saturated carbocycles. The maximum Gasteiger partial charge on any atom is 0.0485 e. The molecule has 1 rings (SSSR count). The van der Waals surface area contributed by atoms with Crippen LogP contribution < -0.4 is 0 Å². The molecule has 0 heterocycles. The van der Waals surface area contributed by atoms with Gasteiger partial charge in [0.1, 0.15) is 0 Å². The van der Waals surface area contributed by atoms with Gasteiger partial charge >= 0.3 is 0 Å². The minimum absolute atomic E-state index is 0.568. The largest absolute Gasteiger partial charge is 0.122 e. The van der Waals surface area contributed by atoms with E-state index in [2.05, 4.69) is 57.6 Å². The van der Waals surface area contributed by atoms with Gasteiger partial charge in [0.15, 0.2) is 0 Å². The molecule has 0 aliphatic heterocycles. The fraction of sp³-hybridized carbons (Fsp3) is 0.250. The number of hydrogen-bond donors (Lipinski definition) is 0. The molecule has 1 aromatic rings. The van der Waals surface area contributed by atoms with E-state index in [4.69, 9.17) is 11.6 Å². The fourth-order valence-electron chi connectivity index (χ4n) is 0.894. The van der Waals surface area contributed by atoms with E-state index in [1.165, 1.54) is 9.13 Å². The Kier molecular flexibility index (Phi) is 3.65. The van der Waals surface area contributed by atoms with Crippen LogP contribution in [0, 0.1) is 10.5 Å². The van der Waals surface area contributed by atoms with E-state index in [0.29, 0.717) is 5.88 Å². The van der Waals surface area contributed by atoms with Gasteiger partial charge in [-0.25, -0.2) is 0 Å². The molecule has 0 unspecified atom stereocenters. The van der Waals surface area contributed by atoms with Gasteiger partial charge in [0, 0.05) is 13.9 Å². The highest BCUT2D eigenvalue weighted by Gasteiger charge is 2.02. The first-order valence-electron chi connectivity index (χ1n) is 3.15. The van der Waals surface area contributed by atoms with Crippen LogP contribution >= 0.6 is 50.1 Å². The average molecular weight is 345 g/mol. The van der Waals surface area contributed by atoms with Gasteiger partial charge in [0.25, 0.3) is 0 Å². The summed E-state index contributed by atoms with van der Waals surface area (Å²) in [6.45, 7) is 2.07. The van der Waals surface area contributed by atoms with Gasteiger partial charge < -0.3 is 0 Å². The molecule has 0 N–H and O–H groups in total. The van der Waals surface area contributed by atoms with E-state index in [0.717, 1.165) is 10.0 Å². The molecule has 0 bridgehead atoms. The summed E-state index contributed by atoms with van der Waals surface area (Å²) < 4.78 is 2.34. The molecule has 0 aliphatic carbocycles. The van der Waals surface area contributed by atoms with Gasteiger partial charge in [-0.3, -0.25) is 0 Å². The molecule has 0 radical (unpaired) electrons. The molecular weight excluding hydrogens is 338 g/mol. The number of hydrogen-bond acceptors (Lipinski definition) is 0. The van der Waals surface area contributed by atoms with E-state index in [9.17, 15) is 0 Å². The van der Waals surface area contributed by atoms with Crippen LogP contribution in [0.15, 0.2) is 16.6 Å². The summed E-state index contributed by atoms with van der Waals surface area (Å²) >= 11 is 11.5. The van der Waals surface area contributed by atoms with Crippen LogP contribution in [0.25, 0.3) is 0 Å². The van der Waals surface area contributed by atoms with Crippen molar-refractivity contribution in [2.24, 2.45) is 0 Å². The summed E-state index contributed by atoms with van der Waals surface area (Å²) in [6, 6.07) is 4.22. The number of benzene rings is 1. The van der Waals surface area contributed by atoms with Crippen LogP contribution in [-0.4, -0.2) is 0 Å². The topological polar surface area (TPSA) is 0 Å². The van der Waals surface area contributed by atoms with E-state index in [1.807, 2.05) is 0 Å². The Hall–Kier alpha value is 0.720. The van der Waals surface area contributed by atoms with Crippen molar-refractivity contribution in [2.45, 2.75) is 12.8 Å². The number of alkyl halides is 1. The monoisotopic (exact) mass is 344 g/mol. The Morgan fingerprint density at radius 2 is 2.18 bits per heavy atom. The van der Waals surface area contributed by atoms with Gasteiger partial charge in [-0.15, -0.1) is 11.6 Å². The Balaban J connectivity index is 3.24. The molecule has 0 aliphatic rings. The first-order chi connectivity index (χ1) is 5.15. The minimum Gasteiger partial charge on any atom is -0.122 e. The Morgan fingerprint density at radius 1 is 1.55 bits per heavy atom. The maximum atomic E-state index is 5.74. The number of halogens is 3. The molecule has 3 heteroatoms. The number of aryl methyl sites for hydroxylation is 1. The van der Waals surface area contributed by atoms with Gasteiger partial charge in [0.2, 0.25) is 0 Å². The van der Waals surface area contributed by atoms with Crippen molar-refractivity contribution in [1.29, 1.82) is 0 Å². The second-order valence-electron chi connectivity index (χ2n) is 2.35. The van der Waals surface area contributed by atoms with Crippen molar-refractivity contribution >= 4 is 50.1 Å². The first-order valence-corrected chi connectivity index (χ1v) is 5.56. The van der Waals surface area contributed by atoms with E-state index in [-0.39, 0.29) is 0 Å². The average Bonchev–Trinajstić information content (AvgIpc) is 1.96. The third-order valence-corrected chi connectivity index (χ3v) is 4.21. The predicted octanol–water partition coefficient (Wildman–Crippen LogP) is 4.10. The highest BCUT2D eigenvalue weighted by molar-refractivity contribution is 14.1. The zero-order valence-electron chi connectivity index (χ0n) is 6.00. The lowest BCUT2D eigenvalue weighted by atomic mass is 10.2. The van der Waals surface area contributed by atoms with Crippen LogP contribution in [0.4, 0.5) is 0 Å². The van der Waals surface area contributed by atoms with E-state index in [1.54, 1.807) is 0 Å². The Labute approximate surface area is 93.6 Å². The molecule has 0 fully saturated rings. The third-order valence-electron chi connectivity index (χ3n) is 1.39. The Bertz CT molecular complexity index is 273. The van der Waals surface area contributed by atoms with Crippen LogP contribution in [0.1, 0.15) is 11.1 Å². The normalized spacial score (nSPS) is 10.2. The van der Waals surface area contributed by atoms with E-state index >= 15 is 0 Å². The van der Waals surface area contributed by atoms with Crippen molar-refractivity contribution in [1.82, 2.24) is 0 Å². The van der Waals surface area contributed by atoms with Gasteiger partial charge in [-0.2, -0.15) is 0 Å². The predicted molar refractivity (Wildman–Crippen MR) is 61.2 cm³/mol. The second kappa shape index (κ2) is 4.10. The lowest BCUT2D eigenvalue weighted by molar-refractivity contribution is 1.30. The third kappa shape index (κ3) is 2.33. The highest BCUT2D eigenvalue weighted by Crippen LogP contribution is 2.26. The van der Waals surface area contributed by atoms with Crippen molar-refractivity contribution < 1.29 is 0 Å². The molecule has 1 aromatic carbocycles. The molecular formula is C8H7BrClI. The SMILES string of the molecule is Cc1cc(I)c(Br)c(CCl)c1. The van der Waals surface area contributed by atoms with E-state index < -0.39 is 0 Å². The molecule has 60 valence electrons. The summed E-state index contributed by atoms with van der Waals surface area (Å²) in [5.41, 5.74) is 2.42. The van der Waals surface area contributed by atoms with Crippen LogP contribution in [0.2, 0.25) is 0 Å². The molecule has 0 saturated heterocycles. The molecule has 0 spiro atoms. The van der Waals surface area contributed by atoms with Crippen molar-refractivity contribution in [3.05, 3.63) is 31.3 Å². The Morgan fingerprint density at radius 3 is 2.73 bits per heavy atom. The molecule has 0 atom stereocenters. The standard InChI is InChI=1S/C8H7BrClI/c1-5-2-6(4-10)8(9)7(11)3-5/h2-3H,4H2,1H3. The summed E-state index contributed by atoms with van der Waals surface area (Å²) in [5, 5.41) is 0. The van der Waals surface area contributed by atoms with Crippen molar-refractivity contribution in [3.8, 4) is 0 Å². The van der Waals surface area contributed by atoms with Crippen molar-refractivity contribution in [3.63, 3.8) is 0 Å². The van der Waals surface area contributed by atoms with Crippen LogP contribution in [0.5, 0.6) is 0 Å². The van der Waals surface area contributed by atoms with Crippen LogP contribution in [0.3, 0.4) is 0 Å². The molecule has 0 aromatic heterocycles. The van der Waals surface area contributed by atoms with Gasteiger partial charge in [-0.05, 0) is 62.6 Å². The smallest absolute Gasteiger partial charge is 0.0485 e. The van der Waals surface area contributed by atoms with Crippen LogP contribution in [-0.2, 0) is 5.88 Å². The lowest BCUT2D eigenvalue weighted by Gasteiger charge is -2.03. The summed E-state index contributed by atoms with van der Waals surface area (Å²) in [5.74, 6) is 0.568. The van der Waals surface area contributed by atoms with Gasteiger partial charge in [-0.1, -0.05) is 6.07 Å². The molecule has 11 heavy (non-hydrogen) atoms. The molecule has 0 nitrogen and oxygen atoms in total. The lowest BCUT2D eigenvalue weighted by Crippen LogP contribution is -1.86. The minimum atomic E-state index is 0.568. The van der Waals surface area contributed by atoms with Crippen molar-refractivity contribution in [2.75, 3.05) is 0 Å². The maximum absolute atomic E-state index is 5.74. The summed E-state index contributed by atoms with van der Waals surface area (Å²) in [4.78, 5) is 0. The van der Waals surface area contributed by atoms with Gasteiger partial charge in [0.05, 0.1) is 0 Å². The summed E-state index contributed by atoms with van der Waals surface area (Å²) in [6.07, 6.45) is 0.